The van der Waals surface area contributed by atoms with E-state index in [0.717, 1.165) is 0 Å². The molecular formula is C22H24N4O7. The van der Waals surface area contributed by atoms with Gasteiger partial charge < -0.3 is 19.3 Å². The molecule has 11 heteroatoms. The molecule has 0 aliphatic heterocycles. The van der Waals surface area contributed by atoms with Crippen molar-refractivity contribution >= 4 is 30.2 Å². The minimum Gasteiger partial charge on any atom is -0.465 e. The van der Waals surface area contributed by atoms with Crippen LogP contribution in [-0.2, 0) is 23.8 Å². The smallest absolute Gasteiger partial charge is 0.337 e. The second-order valence-electron chi connectivity index (χ2n) is 6.45. The van der Waals surface area contributed by atoms with Gasteiger partial charge in [-0.05, 0) is 23.3 Å². The Kier molecular flexibility index (Phi) is 10.3. The van der Waals surface area contributed by atoms with Gasteiger partial charge >= 0.3 is 5.97 Å². The Bertz CT molecular complexity index is 989. The molecule has 0 spiro atoms. The van der Waals surface area contributed by atoms with Crippen molar-refractivity contribution in [2.75, 3.05) is 27.4 Å². The van der Waals surface area contributed by atoms with Crippen LogP contribution in [-0.4, -0.2) is 62.8 Å². The van der Waals surface area contributed by atoms with Crippen LogP contribution < -0.4 is 10.9 Å². The third kappa shape index (κ3) is 8.99. The highest BCUT2D eigenvalue weighted by molar-refractivity contribution is 5.91. The summed E-state index contributed by atoms with van der Waals surface area (Å²) in [4.78, 5) is 34.8. The van der Waals surface area contributed by atoms with Crippen LogP contribution in [0.3, 0.4) is 0 Å². The third-order valence-corrected chi connectivity index (χ3v) is 4.05. The van der Waals surface area contributed by atoms with Crippen molar-refractivity contribution in [1.29, 1.82) is 0 Å². The Morgan fingerprint density at radius 3 is 1.82 bits per heavy atom. The molecule has 0 fully saturated rings. The van der Waals surface area contributed by atoms with E-state index in [2.05, 4.69) is 25.8 Å². The summed E-state index contributed by atoms with van der Waals surface area (Å²) < 4.78 is 14.4. The van der Waals surface area contributed by atoms with Crippen LogP contribution in [0.1, 0.15) is 33.3 Å². The van der Waals surface area contributed by atoms with E-state index in [4.69, 9.17) is 9.47 Å². The number of amides is 2. The number of hydrogen-bond acceptors (Lipinski definition) is 9. The lowest BCUT2D eigenvalue weighted by Crippen LogP contribution is -2.28. The molecule has 11 nitrogen and oxygen atoms in total. The number of carbonyl (C=O) groups is 3. The lowest BCUT2D eigenvalue weighted by Gasteiger charge is -2.08. The first kappa shape index (κ1) is 25.3. The van der Waals surface area contributed by atoms with E-state index in [9.17, 15) is 19.5 Å². The first-order valence-electron chi connectivity index (χ1n) is 9.63. The molecule has 2 aromatic carbocycles. The van der Waals surface area contributed by atoms with E-state index < -0.39 is 24.1 Å². The number of hydrogen-bond donors (Lipinski definition) is 3. The van der Waals surface area contributed by atoms with Gasteiger partial charge in [-0.25, -0.2) is 15.6 Å². The van der Waals surface area contributed by atoms with Gasteiger partial charge in [-0.1, -0.05) is 36.4 Å². The van der Waals surface area contributed by atoms with Crippen LogP contribution >= 0.6 is 0 Å². The summed E-state index contributed by atoms with van der Waals surface area (Å²) in [5, 5.41) is 17.1. The molecule has 33 heavy (non-hydrogen) atoms. The number of nitrogens with one attached hydrogen (secondary N) is 2. The van der Waals surface area contributed by atoms with Gasteiger partial charge in [0.1, 0.15) is 13.2 Å². The van der Waals surface area contributed by atoms with Crippen LogP contribution in [0.2, 0.25) is 0 Å². The summed E-state index contributed by atoms with van der Waals surface area (Å²) in [5.74, 6) is -1.54. The number of rotatable bonds is 11. The molecule has 0 bridgehead atoms. The van der Waals surface area contributed by atoms with Crippen molar-refractivity contribution in [2.45, 2.75) is 6.29 Å². The topological polar surface area (TPSA) is 148 Å². The highest BCUT2D eigenvalue weighted by Crippen LogP contribution is 2.13. The molecule has 0 radical (unpaired) electrons. The Morgan fingerprint density at radius 1 is 0.879 bits per heavy atom. The van der Waals surface area contributed by atoms with Gasteiger partial charge in [-0.3, -0.25) is 9.59 Å². The summed E-state index contributed by atoms with van der Waals surface area (Å²) >= 11 is 0. The Morgan fingerprint density at radius 2 is 1.36 bits per heavy atom. The molecule has 0 saturated heterocycles. The molecule has 3 N–H and O–H groups in total. The summed E-state index contributed by atoms with van der Waals surface area (Å²) in [6.45, 7) is -0.749. The van der Waals surface area contributed by atoms with Crippen molar-refractivity contribution in [3.63, 3.8) is 0 Å². The zero-order chi connectivity index (χ0) is 24.1. The van der Waals surface area contributed by atoms with E-state index in [1.807, 2.05) is 0 Å². The van der Waals surface area contributed by atoms with E-state index in [1.165, 1.54) is 26.6 Å². The Hall–Kier alpha value is -3.93. The Balaban J connectivity index is 1.65. The molecule has 0 saturated carbocycles. The van der Waals surface area contributed by atoms with E-state index in [1.54, 1.807) is 48.5 Å². The molecule has 0 heterocycles. The van der Waals surface area contributed by atoms with Crippen molar-refractivity contribution in [2.24, 2.45) is 10.2 Å². The number of hydrazone groups is 2. The molecule has 0 aliphatic carbocycles. The lowest BCUT2D eigenvalue weighted by atomic mass is 10.1. The minimum absolute atomic E-state index is 0.373. The number of methoxy groups -OCH3 is 2. The number of aliphatic hydroxyl groups is 1. The first-order chi connectivity index (χ1) is 15.9. The van der Waals surface area contributed by atoms with Gasteiger partial charge in [-0.15, -0.1) is 0 Å². The molecular weight excluding hydrogens is 432 g/mol. The average Bonchev–Trinajstić information content (AvgIpc) is 2.84. The number of ether oxygens (including phenoxy) is 3. The first-order valence-corrected chi connectivity index (χ1v) is 9.63. The molecule has 0 aromatic heterocycles. The maximum absolute atomic E-state index is 11.7. The highest BCUT2D eigenvalue weighted by Gasteiger charge is 2.06. The summed E-state index contributed by atoms with van der Waals surface area (Å²) in [5.41, 5.74) is 6.87. The predicted octanol–water partition coefficient (Wildman–Crippen LogP) is 0.728. The second-order valence-corrected chi connectivity index (χ2v) is 6.45. The zero-order valence-corrected chi connectivity index (χ0v) is 18.1. The van der Waals surface area contributed by atoms with Gasteiger partial charge in [0.2, 0.25) is 0 Å². The molecule has 174 valence electrons. The summed E-state index contributed by atoms with van der Waals surface area (Å²) in [6.07, 6.45) is 1.80. The van der Waals surface area contributed by atoms with E-state index >= 15 is 0 Å². The number of carbonyl (C=O) groups excluding carboxylic acids is 3. The summed E-state index contributed by atoms with van der Waals surface area (Å²) in [6, 6.07) is 13.1. The van der Waals surface area contributed by atoms with Crippen LogP contribution in [0, 0.1) is 0 Å². The molecule has 2 amide bonds. The fourth-order valence-electron chi connectivity index (χ4n) is 2.36. The van der Waals surface area contributed by atoms with Crippen LogP contribution in [0.15, 0.2) is 58.7 Å². The number of esters is 1. The van der Waals surface area contributed by atoms with Crippen molar-refractivity contribution in [1.82, 2.24) is 10.9 Å². The molecule has 2 rings (SSSR count). The number of benzene rings is 2. The Labute approximate surface area is 190 Å². The largest absolute Gasteiger partial charge is 0.465 e. The van der Waals surface area contributed by atoms with Gasteiger partial charge in [0.15, 0.2) is 6.29 Å². The quantitative estimate of drug-likeness (QED) is 0.195. The van der Waals surface area contributed by atoms with E-state index in [-0.39, 0.29) is 13.2 Å². The van der Waals surface area contributed by atoms with Crippen LogP contribution in [0.4, 0.5) is 0 Å². The van der Waals surface area contributed by atoms with Gasteiger partial charge in [0.25, 0.3) is 11.8 Å². The highest BCUT2D eigenvalue weighted by atomic mass is 16.6. The number of nitrogens with zero attached hydrogens (tertiary/aromatic N) is 2. The third-order valence-electron chi connectivity index (χ3n) is 4.05. The monoisotopic (exact) mass is 456 g/mol. The van der Waals surface area contributed by atoms with Gasteiger partial charge in [0, 0.05) is 12.7 Å². The van der Waals surface area contributed by atoms with Crippen molar-refractivity contribution < 1.29 is 33.7 Å². The van der Waals surface area contributed by atoms with E-state index in [0.29, 0.717) is 22.3 Å². The lowest BCUT2D eigenvalue weighted by molar-refractivity contribution is -0.130. The van der Waals surface area contributed by atoms with Crippen LogP contribution in [0.5, 0.6) is 0 Å². The standard InChI is InChI=1S/C22H24N4O7/c1-31-21(29)17-7-3-15(4-8-17)11-23-25-19(27)13-33-14-20(28)26-24-12-16-5-9-18(10-6-16)22(30)32-2/h3-12,21,29H,13-14H2,1-2H3,(H,25,27)(H,26,28)/b23-11+,24-12+/t21-/m0/s1. The summed E-state index contributed by atoms with van der Waals surface area (Å²) in [7, 11) is 2.69. The minimum atomic E-state index is -1.00. The predicted molar refractivity (Wildman–Crippen MR) is 118 cm³/mol. The van der Waals surface area contributed by atoms with Crippen molar-refractivity contribution in [3.05, 3.63) is 70.8 Å². The molecule has 0 unspecified atom stereocenters. The molecule has 1 atom stereocenters. The fourth-order valence-corrected chi connectivity index (χ4v) is 2.36. The van der Waals surface area contributed by atoms with Crippen molar-refractivity contribution in [3.8, 4) is 0 Å². The molecule has 0 aliphatic rings. The SMILES string of the molecule is COC(=O)c1ccc(/C=N/NC(=O)COCC(=O)N/N=C/c2ccc([C@@H](O)OC)cc2)cc1. The fraction of sp³-hybridized carbons (Fsp3) is 0.227. The molecule has 2 aromatic rings. The zero-order valence-electron chi connectivity index (χ0n) is 18.1. The maximum atomic E-state index is 11.7. The van der Waals surface area contributed by atoms with Crippen LogP contribution in [0.25, 0.3) is 0 Å². The number of aliphatic hydroxyl groups excluding tert-OH is 1. The van der Waals surface area contributed by atoms with Gasteiger partial charge in [-0.2, -0.15) is 10.2 Å². The second kappa shape index (κ2) is 13.5. The average molecular weight is 456 g/mol. The van der Waals surface area contributed by atoms with Gasteiger partial charge in [0.05, 0.1) is 25.1 Å². The maximum Gasteiger partial charge on any atom is 0.337 e. The normalized spacial score (nSPS) is 12.0.